The lowest BCUT2D eigenvalue weighted by Crippen LogP contribution is -2.31. The first-order valence-corrected chi connectivity index (χ1v) is 5.01. The molecule has 70 valence electrons. The molecule has 1 saturated carbocycles. The third kappa shape index (κ3) is 2.09. The summed E-state index contributed by atoms with van der Waals surface area (Å²) in [6, 6.07) is 0. The summed E-state index contributed by atoms with van der Waals surface area (Å²) in [5.74, 6) is 0.947. The van der Waals surface area contributed by atoms with Crippen LogP contribution < -0.4 is 0 Å². The van der Waals surface area contributed by atoms with E-state index in [9.17, 15) is 4.79 Å². The quantitative estimate of drug-likeness (QED) is 0.550. The molecule has 0 amide bonds. The lowest BCUT2D eigenvalue weighted by molar-refractivity contribution is -0.115. The van der Waals surface area contributed by atoms with Gasteiger partial charge >= 0.3 is 0 Å². The van der Waals surface area contributed by atoms with Crippen LogP contribution in [0.5, 0.6) is 0 Å². The predicted octanol–water partition coefficient (Wildman–Crippen LogP) is 3.04. The van der Waals surface area contributed by atoms with Gasteiger partial charge in [0, 0.05) is 5.92 Å². The Labute approximate surface area is 75.5 Å². The van der Waals surface area contributed by atoms with Crippen LogP contribution in [-0.2, 0) is 4.79 Å². The topological polar surface area (TPSA) is 17.1 Å². The zero-order valence-corrected chi connectivity index (χ0v) is 8.47. The zero-order chi connectivity index (χ0) is 9.19. The van der Waals surface area contributed by atoms with Gasteiger partial charge in [0.15, 0.2) is 0 Å². The molecule has 0 aromatic heterocycles. The molecule has 2 atom stereocenters. The summed E-state index contributed by atoms with van der Waals surface area (Å²) in [5, 5.41) is 0. The third-order valence-electron chi connectivity index (χ3n) is 3.11. The van der Waals surface area contributed by atoms with Crippen molar-refractivity contribution in [3.05, 3.63) is 0 Å². The molecule has 0 N–H and O–H groups in total. The first-order chi connectivity index (χ1) is 5.55. The number of carbonyl (C=O) groups excluding carboxylic acids is 1. The zero-order valence-electron chi connectivity index (χ0n) is 8.47. The molecule has 12 heavy (non-hydrogen) atoms. The fourth-order valence-corrected chi connectivity index (χ4v) is 2.40. The molecular formula is C11H20O. The highest BCUT2D eigenvalue weighted by Gasteiger charge is 2.33. The number of carbonyl (C=O) groups is 1. The molecule has 0 bridgehead atoms. The van der Waals surface area contributed by atoms with E-state index in [1.165, 1.54) is 25.5 Å². The van der Waals surface area contributed by atoms with Crippen molar-refractivity contribution >= 4 is 6.29 Å². The van der Waals surface area contributed by atoms with Crippen molar-refractivity contribution in [1.29, 1.82) is 0 Å². The number of hydrogen-bond donors (Lipinski definition) is 0. The van der Waals surface area contributed by atoms with E-state index in [1.54, 1.807) is 0 Å². The maximum absolute atomic E-state index is 10.8. The van der Waals surface area contributed by atoms with Crippen LogP contribution in [0, 0.1) is 17.3 Å². The molecule has 0 radical (unpaired) electrons. The van der Waals surface area contributed by atoms with E-state index in [4.69, 9.17) is 0 Å². The maximum Gasteiger partial charge on any atom is 0.123 e. The van der Waals surface area contributed by atoms with Gasteiger partial charge in [0.05, 0.1) is 0 Å². The molecule has 1 fully saturated rings. The smallest absolute Gasteiger partial charge is 0.123 e. The molecule has 1 rings (SSSR count). The Morgan fingerprint density at radius 3 is 2.17 bits per heavy atom. The second kappa shape index (κ2) is 3.59. The normalized spacial score (nSPS) is 31.6. The second-order valence-corrected chi connectivity index (χ2v) is 5.06. The van der Waals surface area contributed by atoms with Crippen LogP contribution in [-0.4, -0.2) is 6.29 Å². The van der Waals surface area contributed by atoms with E-state index >= 15 is 0 Å². The Bertz CT molecular complexity index is 155. The van der Waals surface area contributed by atoms with Gasteiger partial charge < -0.3 is 4.79 Å². The van der Waals surface area contributed by atoms with E-state index < -0.39 is 0 Å². The van der Waals surface area contributed by atoms with Crippen LogP contribution in [0.4, 0.5) is 0 Å². The van der Waals surface area contributed by atoms with E-state index in [-0.39, 0.29) is 0 Å². The predicted molar refractivity (Wildman–Crippen MR) is 51.0 cm³/mol. The molecule has 1 heteroatoms. The minimum absolute atomic E-state index is 0.312. The van der Waals surface area contributed by atoms with Crippen molar-refractivity contribution in [1.82, 2.24) is 0 Å². The highest BCUT2D eigenvalue weighted by molar-refractivity contribution is 5.54. The Balaban J connectivity index is 2.65. The van der Waals surface area contributed by atoms with Crippen molar-refractivity contribution in [3.8, 4) is 0 Å². The van der Waals surface area contributed by atoms with Crippen molar-refractivity contribution in [2.45, 2.75) is 46.5 Å². The molecule has 1 aliphatic rings. The fraction of sp³-hybridized carbons (Fsp3) is 0.909. The molecule has 0 heterocycles. The van der Waals surface area contributed by atoms with Crippen molar-refractivity contribution < 1.29 is 4.79 Å². The molecule has 0 spiro atoms. The monoisotopic (exact) mass is 168 g/mol. The first-order valence-electron chi connectivity index (χ1n) is 5.01. The van der Waals surface area contributed by atoms with Gasteiger partial charge in [-0.2, -0.15) is 0 Å². The molecule has 1 aliphatic carbocycles. The van der Waals surface area contributed by atoms with Crippen LogP contribution in [0.15, 0.2) is 0 Å². The summed E-state index contributed by atoms with van der Waals surface area (Å²) in [7, 11) is 0. The Morgan fingerprint density at radius 2 is 1.75 bits per heavy atom. The van der Waals surface area contributed by atoms with Crippen LogP contribution >= 0.6 is 0 Å². The lowest BCUT2D eigenvalue weighted by atomic mass is 9.67. The van der Waals surface area contributed by atoms with Crippen molar-refractivity contribution in [2.75, 3.05) is 0 Å². The largest absolute Gasteiger partial charge is 0.303 e. The van der Waals surface area contributed by atoms with Gasteiger partial charge in [-0.05, 0) is 24.2 Å². The van der Waals surface area contributed by atoms with Gasteiger partial charge in [-0.3, -0.25) is 0 Å². The Morgan fingerprint density at radius 1 is 1.17 bits per heavy atom. The minimum atomic E-state index is 0.312. The van der Waals surface area contributed by atoms with Gasteiger partial charge in [0.1, 0.15) is 6.29 Å². The summed E-state index contributed by atoms with van der Waals surface area (Å²) in [6.45, 7) is 6.75. The summed E-state index contributed by atoms with van der Waals surface area (Å²) in [5.41, 5.74) is 0.312. The minimum Gasteiger partial charge on any atom is -0.303 e. The van der Waals surface area contributed by atoms with E-state index in [0.717, 1.165) is 6.42 Å². The second-order valence-electron chi connectivity index (χ2n) is 5.06. The summed E-state index contributed by atoms with van der Waals surface area (Å²) >= 11 is 0. The number of rotatable bonds is 1. The fourth-order valence-electron chi connectivity index (χ4n) is 2.40. The van der Waals surface area contributed by atoms with Crippen LogP contribution in [0.3, 0.4) is 0 Å². The highest BCUT2D eigenvalue weighted by atomic mass is 16.1. The van der Waals surface area contributed by atoms with Gasteiger partial charge in [-0.1, -0.05) is 33.6 Å². The van der Waals surface area contributed by atoms with E-state index in [1.807, 2.05) is 0 Å². The molecule has 0 aromatic rings. The first kappa shape index (κ1) is 9.76. The molecular weight excluding hydrogens is 148 g/mol. The van der Waals surface area contributed by atoms with Crippen LogP contribution in [0.1, 0.15) is 46.5 Å². The Hall–Kier alpha value is -0.330. The van der Waals surface area contributed by atoms with Crippen LogP contribution in [0.2, 0.25) is 0 Å². The molecule has 0 saturated heterocycles. The Kier molecular flexibility index (Phi) is 2.92. The van der Waals surface area contributed by atoms with Gasteiger partial charge in [0.25, 0.3) is 0 Å². The number of hydrogen-bond acceptors (Lipinski definition) is 1. The van der Waals surface area contributed by atoms with Gasteiger partial charge in [-0.25, -0.2) is 0 Å². The maximum atomic E-state index is 10.8. The number of aldehydes is 1. The summed E-state index contributed by atoms with van der Waals surface area (Å²) in [4.78, 5) is 10.8. The van der Waals surface area contributed by atoms with Gasteiger partial charge in [0.2, 0.25) is 0 Å². The average Bonchev–Trinajstić information content (AvgIpc) is 2.03. The molecule has 0 aromatic carbocycles. The molecule has 0 unspecified atom stereocenters. The third-order valence-corrected chi connectivity index (χ3v) is 3.11. The summed E-state index contributed by atoms with van der Waals surface area (Å²) in [6.07, 6.45) is 6.09. The van der Waals surface area contributed by atoms with Crippen molar-refractivity contribution in [3.63, 3.8) is 0 Å². The highest BCUT2D eigenvalue weighted by Crippen LogP contribution is 2.40. The standard InChI is InChI=1S/C11H20O/c1-11(2,3)10-7-5-4-6-9(10)8-12/h8-10H,4-7H2,1-3H3/t9-,10-/m0/s1. The van der Waals surface area contributed by atoms with Gasteiger partial charge in [-0.15, -0.1) is 0 Å². The molecule has 0 aliphatic heterocycles. The average molecular weight is 168 g/mol. The van der Waals surface area contributed by atoms with E-state index in [0.29, 0.717) is 17.3 Å². The van der Waals surface area contributed by atoms with Crippen molar-refractivity contribution in [2.24, 2.45) is 17.3 Å². The van der Waals surface area contributed by atoms with E-state index in [2.05, 4.69) is 20.8 Å². The molecule has 1 nitrogen and oxygen atoms in total. The lowest BCUT2D eigenvalue weighted by Gasteiger charge is -2.37. The SMILES string of the molecule is CC(C)(C)[C@H]1CCCC[C@H]1C=O. The summed E-state index contributed by atoms with van der Waals surface area (Å²) < 4.78 is 0. The van der Waals surface area contributed by atoms with Crippen LogP contribution in [0.25, 0.3) is 0 Å².